The van der Waals surface area contributed by atoms with Gasteiger partial charge in [-0.05, 0) is 24.6 Å². The number of carboxylic acid groups (broad SMARTS) is 1. The van der Waals surface area contributed by atoms with Crippen molar-refractivity contribution in [3.05, 3.63) is 50.8 Å². The number of aromatic nitrogens is 2. The molecule has 0 aliphatic carbocycles. The third kappa shape index (κ3) is 2.72. The fraction of sp³-hybridized carbons (Fsp3) is 0.235. The molecule has 2 aromatic heterocycles. The van der Waals surface area contributed by atoms with E-state index in [-0.39, 0.29) is 5.56 Å². The molecule has 0 radical (unpaired) electrons. The van der Waals surface area contributed by atoms with Crippen LogP contribution in [0, 0.1) is 0 Å². The number of thiophene rings is 1. The minimum absolute atomic E-state index is 0.321. The van der Waals surface area contributed by atoms with E-state index in [4.69, 9.17) is 11.6 Å². The Morgan fingerprint density at radius 1 is 1.38 bits per heavy atom. The molecular weight excluding hydrogens is 348 g/mol. The number of carbonyl (C=O) groups is 1. The number of nitrogens with zero attached hydrogens (tertiary/aromatic N) is 2. The van der Waals surface area contributed by atoms with Crippen LogP contribution >= 0.6 is 22.9 Å². The Balaban J connectivity index is 2.32. The van der Waals surface area contributed by atoms with Crippen LogP contribution in [-0.4, -0.2) is 20.6 Å². The lowest BCUT2D eigenvalue weighted by Gasteiger charge is -2.15. The predicted octanol–water partition coefficient (Wildman–Crippen LogP) is 3.99. The molecule has 0 saturated heterocycles. The zero-order valence-corrected chi connectivity index (χ0v) is 14.7. The largest absolute Gasteiger partial charge is 0.480 e. The van der Waals surface area contributed by atoms with Crippen molar-refractivity contribution < 1.29 is 9.90 Å². The van der Waals surface area contributed by atoms with Gasteiger partial charge in [-0.25, -0.2) is 9.78 Å². The number of rotatable bonds is 4. The van der Waals surface area contributed by atoms with Crippen molar-refractivity contribution in [2.45, 2.75) is 26.3 Å². The summed E-state index contributed by atoms with van der Waals surface area (Å²) < 4.78 is 1.27. The molecule has 0 aliphatic rings. The van der Waals surface area contributed by atoms with Crippen LogP contribution in [-0.2, 0) is 11.2 Å². The van der Waals surface area contributed by atoms with Crippen molar-refractivity contribution >= 4 is 39.1 Å². The molecule has 24 heavy (non-hydrogen) atoms. The summed E-state index contributed by atoms with van der Waals surface area (Å²) in [6, 6.07) is 6.21. The maximum Gasteiger partial charge on any atom is 0.326 e. The lowest BCUT2D eigenvalue weighted by Crippen LogP contribution is -2.31. The van der Waals surface area contributed by atoms with Gasteiger partial charge in [0, 0.05) is 22.4 Å². The summed E-state index contributed by atoms with van der Waals surface area (Å²) in [7, 11) is 0. The van der Waals surface area contributed by atoms with Crippen molar-refractivity contribution in [2.24, 2.45) is 0 Å². The Bertz CT molecular complexity index is 976. The molecule has 0 fully saturated rings. The minimum Gasteiger partial charge on any atom is -0.480 e. The van der Waals surface area contributed by atoms with E-state index in [0.717, 1.165) is 11.1 Å². The Kier molecular flexibility index (Phi) is 4.43. The van der Waals surface area contributed by atoms with E-state index in [9.17, 15) is 14.7 Å². The topological polar surface area (TPSA) is 72.2 Å². The van der Waals surface area contributed by atoms with Crippen LogP contribution in [0.4, 0.5) is 0 Å². The number of benzene rings is 1. The maximum atomic E-state index is 13.0. The van der Waals surface area contributed by atoms with Gasteiger partial charge in [0.25, 0.3) is 5.56 Å². The predicted molar refractivity (Wildman–Crippen MR) is 96.1 cm³/mol. The summed E-state index contributed by atoms with van der Waals surface area (Å²) in [4.78, 5) is 29.5. The second-order valence-corrected chi connectivity index (χ2v) is 6.70. The van der Waals surface area contributed by atoms with E-state index >= 15 is 0 Å². The highest BCUT2D eigenvalue weighted by Crippen LogP contribution is 2.32. The Morgan fingerprint density at radius 3 is 2.62 bits per heavy atom. The normalized spacial score (nSPS) is 12.5. The molecule has 1 aromatic carbocycles. The van der Waals surface area contributed by atoms with Crippen LogP contribution in [0.1, 0.15) is 25.7 Å². The molecule has 1 unspecified atom stereocenters. The molecule has 5 nitrogen and oxygen atoms in total. The second kappa shape index (κ2) is 6.37. The zero-order valence-electron chi connectivity index (χ0n) is 13.1. The molecule has 0 aliphatic heterocycles. The lowest BCUT2D eigenvalue weighted by molar-refractivity contribution is -0.140. The molecule has 3 aromatic rings. The van der Waals surface area contributed by atoms with E-state index in [2.05, 4.69) is 4.98 Å². The fourth-order valence-electron chi connectivity index (χ4n) is 2.65. The van der Waals surface area contributed by atoms with Gasteiger partial charge < -0.3 is 5.11 Å². The van der Waals surface area contributed by atoms with Gasteiger partial charge in [-0.1, -0.05) is 30.7 Å². The molecule has 7 heteroatoms. The van der Waals surface area contributed by atoms with Crippen LogP contribution in [0.25, 0.3) is 21.3 Å². The zero-order chi connectivity index (χ0) is 17.4. The fourth-order valence-corrected chi connectivity index (χ4v) is 3.73. The van der Waals surface area contributed by atoms with E-state index in [1.54, 1.807) is 12.1 Å². The average molecular weight is 363 g/mol. The van der Waals surface area contributed by atoms with Gasteiger partial charge in [-0.15, -0.1) is 11.3 Å². The molecule has 1 atom stereocenters. The van der Waals surface area contributed by atoms with Crippen LogP contribution in [0.2, 0.25) is 5.02 Å². The molecule has 0 bridgehead atoms. The molecule has 1 N–H and O–H groups in total. The first-order valence-corrected chi connectivity index (χ1v) is 8.71. The third-order valence-electron chi connectivity index (χ3n) is 3.93. The van der Waals surface area contributed by atoms with Gasteiger partial charge in [0.05, 0.1) is 5.39 Å². The van der Waals surface area contributed by atoms with Crippen LogP contribution < -0.4 is 5.56 Å². The van der Waals surface area contributed by atoms with Gasteiger partial charge >= 0.3 is 5.97 Å². The Labute approximate surface area is 147 Å². The van der Waals surface area contributed by atoms with Crippen LogP contribution in [0.15, 0.2) is 34.4 Å². The molecule has 3 rings (SSSR count). The van der Waals surface area contributed by atoms with E-state index in [1.165, 1.54) is 22.8 Å². The van der Waals surface area contributed by atoms with Crippen molar-refractivity contribution in [1.29, 1.82) is 0 Å². The van der Waals surface area contributed by atoms with Crippen molar-refractivity contribution in [3.8, 4) is 11.1 Å². The Hall–Kier alpha value is -2.18. The van der Waals surface area contributed by atoms with Gasteiger partial charge in [0.1, 0.15) is 16.7 Å². The first-order valence-electron chi connectivity index (χ1n) is 7.45. The van der Waals surface area contributed by atoms with E-state index in [0.29, 0.717) is 27.5 Å². The SMILES string of the molecule is CCc1nc2scc(-c3ccc(Cl)cc3)c2c(=O)n1C(C)C(=O)O. The summed E-state index contributed by atoms with van der Waals surface area (Å²) in [5.41, 5.74) is 1.28. The maximum absolute atomic E-state index is 13.0. The molecule has 0 spiro atoms. The van der Waals surface area contributed by atoms with Crippen molar-refractivity contribution in [1.82, 2.24) is 9.55 Å². The molecular formula is C17H15ClN2O3S. The van der Waals surface area contributed by atoms with Gasteiger partial charge in [-0.2, -0.15) is 0 Å². The van der Waals surface area contributed by atoms with Crippen LogP contribution in [0.5, 0.6) is 0 Å². The number of hydrogen-bond acceptors (Lipinski definition) is 4. The summed E-state index contributed by atoms with van der Waals surface area (Å²) in [6.45, 7) is 3.34. The number of hydrogen-bond donors (Lipinski definition) is 1. The molecule has 2 heterocycles. The van der Waals surface area contributed by atoms with Gasteiger partial charge in [-0.3, -0.25) is 9.36 Å². The second-order valence-electron chi connectivity index (χ2n) is 5.41. The highest BCUT2D eigenvalue weighted by Gasteiger charge is 2.22. The molecule has 124 valence electrons. The quantitative estimate of drug-likeness (QED) is 0.761. The van der Waals surface area contributed by atoms with E-state index in [1.807, 2.05) is 24.4 Å². The lowest BCUT2D eigenvalue weighted by atomic mass is 10.1. The number of carboxylic acids is 1. The molecule has 0 amide bonds. The third-order valence-corrected chi connectivity index (χ3v) is 5.05. The highest BCUT2D eigenvalue weighted by molar-refractivity contribution is 7.17. The molecule has 0 saturated carbocycles. The minimum atomic E-state index is -1.06. The monoisotopic (exact) mass is 362 g/mol. The first kappa shape index (κ1) is 16.7. The average Bonchev–Trinajstić information content (AvgIpc) is 2.99. The van der Waals surface area contributed by atoms with E-state index < -0.39 is 12.0 Å². The highest BCUT2D eigenvalue weighted by atomic mass is 35.5. The van der Waals surface area contributed by atoms with Gasteiger partial charge in [0.2, 0.25) is 0 Å². The van der Waals surface area contributed by atoms with Gasteiger partial charge in [0.15, 0.2) is 0 Å². The smallest absolute Gasteiger partial charge is 0.326 e. The number of aliphatic carboxylic acids is 1. The summed E-state index contributed by atoms with van der Waals surface area (Å²) >= 11 is 7.30. The number of halogens is 1. The Morgan fingerprint density at radius 2 is 2.04 bits per heavy atom. The standard InChI is InChI=1S/C17H15ClN2O3S/c1-3-13-19-15-14(16(21)20(13)9(2)17(22)23)12(8-24-15)10-4-6-11(18)7-5-10/h4-9H,3H2,1-2H3,(H,22,23). The first-order chi connectivity index (χ1) is 11.4. The van der Waals surface area contributed by atoms with Crippen LogP contribution in [0.3, 0.4) is 0 Å². The summed E-state index contributed by atoms with van der Waals surface area (Å²) in [5.74, 6) is -0.580. The number of aryl methyl sites for hydroxylation is 1. The number of fused-ring (bicyclic) bond motifs is 1. The van der Waals surface area contributed by atoms with Crippen molar-refractivity contribution in [3.63, 3.8) is 0 Å². The summed E-state index contributed by atoms with van der Waals surface area (Å²) in [6.07, 6.45) is 0.483. The van der Waals surface area contributed by atoms with Crippen molar-refractivity contribution in [2.75, 3.05) is 0 Å². The summed E-state index contributed by atoms with van der Waals surface area (Å²) in [5, 5.41) is 12.3.